The predicted octanol–water partition coefficient (Wildman–Crippen LogP) is 3.65. The minimum absolute atomic E-state index is 0.147. The van der Waals surface area contributed by atoms with Gasteiger partial charge in [0.15, 0.2) is 17.3 Å². The molecule has 0 spiro atoms. The maximum atomic E-state index is 12.6. The van der Waals surface area contributed by atoms with Gasteiger partial charge in [0, 0.05) is 24.0 Å². The fraction of sp³-hybridized carbons (Fsp3) is 0.348. The minimum atomic E-state index is -0.147. The highest BCUT2D eigenvalue weighted by atomic mass is 16.5. The van der Waals surface area contributed by atoms with Crippen molar-refractivity contribution in [2.45, 2.75) is 34.1 Å². The Labute approximate surface area is 177 Å². The van der Waals surface area contributed by atoms with E-state index in [1.54, 1.807) is 24.4 Å². The molecule has 1 N–H and O–H groups in total. The lowest BCUT2D eigenvalue weighted by Crippen LogP contribution is -2.26. The molecule has 7 heteroatoms. The highest BCUT2D eigenvalue weighted by Crippen LogP contribution is 2.28. The zero-order valence-electron chi connectivity index (χ0n) is 17.9. The van der Waals surface area contributed by atoms with Gasteiger partial charge in [0.05, 0.1) is 18.9 Å². The van der Waals surface area contributed by atoms with Gasteiger partial charge in [-0.15, -0.1) is 0 Å². The third kappa shape index (κ3) is 4.79. The molecule has 0 radical (unpaired) electrons. The van der Waals surface area contributed by atoms with Gasteiger partial charge < -0.3 is 14.8 Å². The molecule has 0 saturated carbocycles. The lowest BCUT2D eigenvalue weighted by Gasteiger charge is -2.12. The first-order valence-corrected chi connectivity index (χ1v) is 10.2. The number of pyridine rings is 1. The number of rotatable bonds is 9. The van der Waals surface area contributed by atoms with Gasteiger partial charge in [-0.1, -0.05) is 6.07 Å². The van der Waals surface area contributed by atoms with E-state index in [2.05, 4.69) is 15.4 Å². The molecule has 0 saturated heterocycles. The maximum Gasteiger partial charge on any atom is 0.251 e. The summed E-state index contributed by atoms with van der Waals surface area (Å²) in [5.74, 6) is 1.86. The molecule has 0 bridgehead atoms. The number of benzene rings is 1. The summed E-state index contributed by atoms with van der Waals surface area (Å²) in [7, 11) is 0. The molecule has 2 heterocycles. The average Bonchev–Trinajstić information content (AvgIpc) is 3.04. The van der Waals surface area contributed by atoms with E-state index < -0.39 is 0 Å². The molecule has 0 atom stereocenters. The van der Waals surface area contributed by atoms with Gasteiger partial charge in [-0.05, 0) is 70.0 Å². The van der Waals surface area contributed by atoms with Gasteiger partial charge in [0.1, 0.15) is 0 Å². The van der Waals surface area contributed by atoms with E-state index in [9.17, 15) is 4.79 Å². The Morgan fingerprint density at radius 2 is 1.83 bits per heavy atom. The highest BCUT2D eigenvalue weighted by Gasteiger charge is 2.15. The second-order valence-corrected chi connectivity index (χ2v) is 6.78. The fourth-order valence-corrected chi connectivity index (χ4v) is 3.33. The number of ether oxygens (including phenoxy) is 2. The van der Waals surface area contributed by atoms with Crippen LogP contribution in [0.3, 0.4) is 0 Å². The van der Waals surface area contributed by atoms with Crippen molar-refractivity contribution < 1.29 is 14.3 Å². The summed E-state index contributed by atoms with van der Waals surface area (Å²) in [6.07, 6.45) is 2.44. The highest BCUT2D eigenvalue weighted by molar-refractivity contribution is 5.94. The first-order valence-electron chi connectivity index (χ1n) is 10.2. The molecule has 158 valence electrons. The van der Waals surface area contributed by atoms with Crippen molar-refractivity contribution in [1.82, 2.24) is 20.1 Å². The lowest BCUT2D eigenvalue weighted by molar-refractivity contribution is 0.0953. The number of hydrogen-bond acceptors (Lipinski definition) is 5. The second-order valence-electron chi connectivity index (χ2n) is 6.78. The molecule has 1 amide bonds. The number of aryl methyl sites for hydroxylation is 1. The number of carbonyl (C=O) groups is 1. The third-order valence-electron chi connectivity index (χ3n) is 4.77. The summed E-state index contributed by atoms with van der Waals surface area (Å²) >= 11 is 0. The second kappa shape index (κ2) is 9.91. The van der Waals surface area contributed by atoms with Crippen molar-refractivity contribution in [3.8, 4) is 17.3 Å². The normalized spacial score (nSPS) is 10.7. The van der Waals surface area contributed by atoms with Crippen molar-refractivity contribution in [2.75, 3.05) is 19.8 Å². The summed E-state index contributed by atoms with van der Waals surface area (Å²) in [4.78, 5) is 17.0. The van der Waals surface area contributed by atoms with Crippen LogP contribution in [-0.4, -0.2) is 40.4 Å². The van der Waals surface area contributed by atoms with Crippen LogP contribution in [0.15, 0.2) is 42.6 Å². The van der Waals surface area contributed by atoms with E-state index in [1.165, 1.54) is 0 Å². The van der Waals surface area contributed by atoms with E-state index in [0.29, 0.717) is 43.2 Å². The van der Waals surface area contributed by atoms with Crippen LogP contribution in [0.1, 0.15) is 41.2 Å². The van der Waals surface area contributed by atoms with Crippen LogP contribution in [0, 0.1) is 13.8 Å². The SMILES string of the molecule is CCOc1ccc(C(=O)NCCc2c(C)nn(-c3ccccn3)c2C)cc1OCC. The molecular weight excluding hydrogens is 380 g/mol. The van der Waals surface area contributed by atoms with Gasteiger partial charge >= 0.3 is 0 Å². The van der Waals surface area contributed by atoms with Crippen LogP contribution in [0.2, 0.25) is 0 Å². The smallest absolute Gasteiger partial charge is 0.251 e. The molecule has 0 aliphatic carbocycles. The first kappa shape index (κ1) is 21.4. The van der Waals surface area contributed by atoms with Gasteiger partial charge in [-0.25, -0.2) is 9.67 Å². The largest absolute Gasteiger partial charge is 0.490 e. The zero-order chi connectivity index (χ0) is 21.5. The summed E-state index contributed by atoms with van der Waals surface area (Å²) in [5, 5.41) is 7.59. The number of amides is 1. The average molecular weight is 409 g/mol. The predicted molar refractivity (Wildman–Crippen MR) is 116 cm³/mol. The molecule has 3 aromatic rings. The topological polar surface area (TPSA) is 78.3 Å². The van der Waals surface area contributed by atoms with E-state index in [-0.39, 0.29) is 5.91 Å². The molecule has 0 aliphatic rings. The number of hydrogen-bond donors (Lipinski definition) is 1. The third-order valence-corrected chi connectivity index (χ3v) is 4.77. The molecular formula is C23H28N4O3. The van der Waals surface area contributed by atoms with Crippen LogP contribution < -0.4 is 14.8 Å². The van der Waals surface area contributed by atoms with Gasteiger partial charge in [-0.3, -0.25) is 4.79 Å². The van der Waals surface area contributed by atoms with Gasteiger partial charge in [0.25, 0.3) is 5.91 Å². The van der Waals surface area contributed by atoms with Crippen LogP contribution in [-0.2, 0) is 6.42 Å². The monoisotopic (exact) mass is 408 g/mol. The van der Waals surface area contributed by atoms with Gasteiger partial charge in [-0.2, -0.15) is 5.10 Å². The van der Waals surface area contributed by atoms with Crippen LogP contribution in [0.4, 0.5) is 0 Å². The molecule has 1 aromatic carbocycles. The number of carbonyl (C=O) groups excluding carboxylic acids is 1. The Bertz CT molecular complexity index is 999. The van der Waals surface area contributed by atoms with Crippen LogP contribution in [0.25, 0.3) is 5.82 Å². The number of nitrogens with one attached hydrogen (secondary N) is 1. The first-order chi connectivity index (χ1) is 14.5. The fourth-order valence-electron chi connectivity index (χ4n) is 3.33. The minimum Gasteiger partial charge on any atom is -0.490 e. The van der Waals surface area contributed by atoms with Crippen LogP contribution in [0.5, 0.6) is 11.5 Å². The van der Waals surface area contributed by atoms with E-state index in [1.807, 2.05) is 50.6 Å². The van der Waals surface area contributed by atoms with Crippen molar-refractivity contribution in [2.24, 2.45) is 0 Å². The quantitative estimate of drug-likeness (QED) is 0.585. The number of aromatic nitrogens is 3. The van der Waals surface area contributed by atoms with Crippen molar-refractivity contribution in [3.63, 3.8) is 0 Å². The van der Waals surface area contributed by atoms with Crippen LogP contribution >= 0.6 is 0 Å². The Balaban J connectivity index is 1.66. The molecule has 0 aliphatic heterocycles. The van der Waals surface area contributed by atoms with Crippen molar-refractivity contribution in [3.05, 3.63) is 65.1 Å². The molecule has 0 fully saturated rings. The summed E-state index contributed by atoms with van der Waals surface area (Å²) in [6, 6.07) is 11.0. The Morgan fingerprint density at radius 1 is 1.07 bits per heavy atom. The number of nitrogens with zero attached hydrogens (tertiary/aromatic N) is 3. The molecule has 30 heavy (non-hydrogen) atoms. The van der Waals surface area contributed by atoms with Gasteiger partial charge in [0.2, 0.25) is 0 Å². The summed E-state index contributed by atoms with van der Waals surface area (Å²) in [6.45, 7) is 9.36. The molecule has 0 unspecified atom stereocenters. The summed E-state index contributed by atoms with van der Waals surface area (Å²) < 4.78 is 13.0. The molecule has 2 aromatic heterocycles. The maximum absolute atomic E-state index is 12.6. The zero-order valence-corrected chi connectivity index (χ0v) is 17.9. The standard InChI is InChI=1S/C23H28N4O3/c1-5-29-20-11-10-18(15-21(20)30-6-2)23(28)25-14-12-19-16(3)26-27(17(19)4)22-9-7-8-13-24-22/h7-11,13,15H,5-6,12,14H2,1-4H3,(H,25,28). The lowest BCUT2D eigenvalue weighted by atomic mass is 10.1. The summed E-state index contributed by atoms with van der Waals surface area (Å²) in [5.41, 5.74) is 3.62. The van der Waals surface area contributed by atoms with E-state index >= 15 is 0 Å². The van der Waals surface area contributed by atoms with E-state index in [0.717, 1.165) is 22.8 Å². The van der Waals surface area contributed by atoms with Crippen molar-refractivity contribution in [1.29, 1.82) is 0 Å². The Morgan fingerprint density at radius 3 is 2.53 bits per heavy atom. The molecule has 7 nitrogen and oxygen atoms in total. The van der Waals surface area contributed by atoms with E-state index in [4.69, 9.17) is 9.47 Å². The Hall–Kier alpha value is -3.35. The Kier molecular flexibility index (Phi) is 7.06. The van der Waals surface area contributed by atoms with Crippen molar-refractivity contribution >= 4 is 5.91 Å². The molecule has 3 rings (SSSR count).